The van der Waals surface area contributed by atoms with Gasteiger partial charge in [-0.2, -0.15) is 0 Å². The Kier molecular flexibility index (Phi) is 5.98. The summed E-state index contributed by atoms with van der Waals surface area (Å²) in [6, 6.07) is 10.8. The first-order valence-electron chi connectivity index (χ1n) is 7.91. The molecule has 3 N–H and O–H groups in total. The molecular formula is C17H17ClN6OS. The highest BCUT2D eigenvalue weighted by atomic mass is 35.5. The minimum absolute atomic E-state index is 0.139. The summed E-state index contributed by atoms with van der Waals surface area (Å²) in [4.78, 5) is 25.4. The van der Waals surface area contributed by atoms with Crippen LogP contribution in [-0.4, -0.2) is 33.9 Å². The first kappa shape index (κ1) is 18.1. The van der Waals surface area contributed by atoms with Crippen LogP contribution in [0.5, 0.6) is 0 Å². The number of amides is 1. The van der Waals surface area contributed by atoms with Crippen LogP contribution in [0.3, 0.4) is 0 Å². The molecule has 134 valence electrons. The fourth-order valence-corrected chi connectivity index (χ4v) is 3.14. The van der Waals surface area contributed by atoms with Gasteiger partial charge in [0, 0.05) is 25.4 Å². The predicted molar refractivity (Wildman–Crippen MR) is 104 cm³/mol. The zero-order chi connectivity index (χ0) is 18.4. The first-order chi connectivity index (χ1) is 12.6. The quantitative estimate of drug-likeness (QED) is 0.537. The fraction of sp³-hybridized carbons (Fsp3) is 0.176. The lowest BCUT2D eigenvalue weighted by atomic mass is 10.4. The molecule has 0 saturated carbocycles. The highest BCUT2D eigenvalue weighted by Gasteiger charge is 2.08. The molecule has 3 rings (SSSR count). The number of thiophene rings is 1. The largest absolute Gasteiger partial charge is 0.368 e. The Morgan fingerprint density at radius 2 is 1.96 bits per heavy atom. The third-order valence-electron chi connectivity index (χ3n) is 3.27. The second-order valence-electron chi connectivity index (χ2n) is 5.31. The van der Waals surface area contributed by atoms with Crippen molar-refractivity contribution in [3.63, 3.8) is 0 Å². The highest BCUT2D eigenvalue weighted by Crippen LogP contribution is 2.21. The zero-order valence-corrected chi connectivity index (χ0v) is 15.6. The summed E-state index contributed by atoms with van der Waals surface area (Å²) in [5, 5.41) is 9.14. The van der Waals surface area contributed by atoms with E-state index in [0.717, 1.165) is 0 Å². The van der Waals surface area contributed by atoms with Crippen molar-refractivity contribution < 1.29 is 4.79 Å². The lowest BCUT2D eigenvalue weighted by Crippen LogP contribution is -2.28. The van der Waals surface area contributed by atoms with E-state index in [4.69, 9.17) is 11.6 Å². The van der Waals surface area contributed by atoms with Crippen molar-refractivity contribution in [1.82, 2.24) is 20.3 Å². The van der Waals surface area contributed by atoms with Crippen LogP contribution in [-0.2, 0) is 0 Å². The maximum atomic E-state index is 12.0. The van der Waals surface area contributed by atoms with Crippen molar-refractivity contribution in [3.05, 3.63) is 57.6 Å². The number of nitrogens with one attached hydrogen (secondary N) is 3. The van der Waals surface area contributed by atoms with Crippen molar-refractivity contribution in [3.8, 4) is 0 Å². The van der Waals surface area contributed by atoms with Crippen molar-refractivity contribution in [2.45, 2.75) is 6.92 Å². The predicted octanol–water partition coefficient (Wildman–Crippen LogP) is 3.48. The Morgan fingerprint density at radius 3 is 2.69 bits per heavy atom. The third kappa shape index (κ3) is 5.14. The minimum atomic E-state index is -0.139. The molecule has 0 bridgehead atoms. The molecule has 0 radical (unpaired) electrons. The summed E-state index contributed by atoms with van der Waals surface area (Å²) in [5.74, 6) is 2.52. The molecule has 0 aliphatic rings. The van der Waals surface area contributed by atoms with Crippen LogP contribution in [0, 0.1) is 6.92 Å². The summed E-state index contributed by atoms with van der Waals surface area (Å²) in [6.45, 7) is 2.81. The van der Waals surface area contributed by atoms with E-state index in [2.05, 4.69) is 30.9 Å². The summed E-state index contributed by atoms with van der Waals surface area (Å²) in [7, 11) is 0. The molecule has 9 heteroatoms. The van der Waals surface area contributed by atoms with Gasteiger partial charge < -0.3 is 16.0 Å². The normalized spacial score (nSPS) is 10.4. The smallest absolute Gasteiger partial charge is 0.261 e. The van der Waals surface area contributed by atoms with Gasteiger partial charge in [-0.15, -0.1) is 11.3 Å². The van der Waals surface area contributed by atoms with Gasteiger partial charge in [-0.05, 0) is 31.2 Å². The van der Waals surface area contributed by atoms with Gasteiger partial charge >= 0.3 is 0 Å². The Hall–Kier alpha value is -2.71. The van der Waals surface area contributed by atoms with E-state index in [-0.39, 0.29) is 5.91 Å². The number of rotatable bonds is 7. The number of aryl methyl sites for hydroxylation is 1. The van der Waals surface area contributed by atoms with Crippen LogP contribution in [0.25, 0.3) is 0 Å². The van der Waals surface area contributed by atoms with Gasteiger partial charge in [-0.25, -0.2) is 15.0 Å². The standard InChI is InChI=1S/C17H17ClN6OS/c1-11-22-15(10-16(23-11)24-14-4-2-3-7-19-14)20-8-9-21-17(25)12-5-6-13(18)26-12/h2-7,10H,8-9H2,1H3,(H,21,25)(H2,19,20,22,23,24). The van der Waals surface area contributed by atoms with Crippen molar-refractivity contribution in [1.29, 1.82) is 0 Å². The number of hydrogen-bond acceptors (Lipinski definition) is 7. The van der Waals surface area contributed by atoms with Gasteiger partial charge in [-0.1, -0.05) is 17.7 Å². The summed E-state index contributed by atoms with van der Waals surface area (Å²) >= 11 is 7.09. The molecule has 3 aromatic rings. The molecule has 0 aromatic carbocycles. The summed E-state index contributed by atoms with van der Waals surface area (Å²) in [6.07, 6.45) is 1.71. The molecule has 0 unspecified atom stereocenters. The molecule has 0 aliphatic heterocycles. The third-order valence-corrected chi connectivity index (χ3v) is 4.50. The second kappa shape index (κ2) is 8.59. The molecular weight excluding hydrogens is 372 g/mol. The monoisotopic (exact) mass is 388 g/mol. The number of carbonyl (C=O) groups is 1. The Morgan fingerprint density at radius 1 is 1.12 bits per heavy atom. The topological polar surface area (TPSA) is 91.8 Å². The molecule has 1 amide bonds. The van der Waals surface area contributed by atoms with Crippen LogP contribution in [0.2, 0.25) is 4.34 Å². The average Bonchev–Trinajstić information content (AvgIpc) is 3.05. The Bertz CT molecular complexity index is 886. The molecule has 0 spiro atoms. The minimum Gasteiger partial charge on any atom is -0.368 e. The van der Waals surface area contributed by atoms with Gasteiger partial charge in [0.15, 0.2) is 0 Å². The number of anilines is 3. The number of carbonyl (C=O) groups excluding carboxylic acids is 1. The molecule has 0 aliphatic carbocycles. The molecule has 26 heavy (non-hydrogen) atoms. The van der Waals surface area contributed by atoms with Crippen LogP contribution < -0.4 is 16.0 Å². The molecule has 3 aromatic heterocycles. The number of hydrogen-bond donors (Lipinski definition) is 3. The van der Waals surface area contributed by atoms with E-state index in [9.17, 15) is 4.79 Å². The molecule has 0 fully saturated rings. The molecule has 3 heterocycles. The van der Waals surface area contributed by atoms with Crippen molar-refractivity contribution >= 4 is 46.3 Å². The lowest BCUT2D eigenvalue weighted by Gasteiger charge is -2.10. The van der Waals surface area contributed by atoms with Gasteiger partial charge in [-0.3, -0.25) is 4.79 Å². The van der Waals surface area contributed by atoms with Gasteiger partial charge in [0.25, 0.3) is 5.91 Å². The lowest BCUT2D eigenvalue weighted by molar-refractivity contribution is 0.0959. The SMILES string of the molecule is Cc1nc(NCCNC(=O)c2ccc(Cl)s2)cc(Nc2ccccn2)n1. The van der Waals surface area contributed by atoms with Crippen LogP contribution >= 0.6 is 22.9 Å². The zero-order valence-electron chi connectivity index (χ0n) is 14.0. The number of nitrogens with zero attached hydrogens (tertiary/aromatic N) is 3. The molecule has 0 atom stereocenters. The van der Waals surface area contributed by atoms with Gasteiger partial charge in [0.05, 0.1) is 9.21 Å². The van der Waals surface area contributed by atoms with E-state index in [1.54, 1.807) is 24.4 Å². The van der Waals surface area contributed by atoms with E-state index in [1.165, 1.54) is 11.3 Å². The van der Waals surface area contributed by atoms with Crippen LogP contribution in [0.15, 0.2) is 42.6 Å². The van der Waals surface area contributed by atoms with E-state index < -0.39 is 0 Å². The Labute approximate surface area is 159 Å². The number of aromatic nitrogens is 3. The summed E-state index contributed by atoms with van der Waals surface area (Å²) < 4.78 is 0.595. The Balaban J connectivity index is 1.52. The molecule has 7 nitrogen and oxygen atoms in total. The van der Waals surface area contributed by atoms with E-state index >= 15 is 0 Å². The van der Waals surface area contributed by atoms with Crippen LogP contribution in [0.1, 0.15) is 15.5 Å². The van der Waals surface area contributed by atoms with E-state index in [1.807, 2.05) is 25.1 Å². The molecule has 0 saturated heterocycles. The fourth-order valence-electron chi connectivity index (χ4n) is 2.18. The van der Waals surface area contributed by atoms with Gasteiger partial charge in [0.1, 0.15) is 23.3 Å². The average molecular weight is 389 g/mol. The van der Waals surface area contributed by atoms with E-state index in [0.29, 0.717) is 45.6 Å². The van der Waals surface area contributed by atoms with Crippen molar-refractivity contribution in [2.24, 2.45) is 0 Å². The second-order valence-corrected chi connectivity index (χ2v) is 7.03. The maximum absolute atomic E-state index is 12.0. The van der Waals surface area contributed by atoms with Gasteiger partial charge in [0.2, 0.25) is 0 Å². The van der Waals surface area contributed by atoms with Crippen molar-refractivity contribution in [2.75, 3.05) is 23.7 Å². The highest BCUT2D eigenvalue weighted by molar-refractivity contribution is 7.17. The number of pyridine rings is 1. The summed E-state index contributed by atoms with van der Waals surface area (Å²) in [5.41, 5.74) is 0. The first-order valence-corrected chi connectivity index (χ1v) is 9.11. The number of halogens is 1. The maximum Gasteiger partial charge on any atom is 0.261 e. The van der Waals surface area contributed by atoms with Crippen LogP contribution in [0.4, 0.5) is 17.5 Å².